The van der Waals surface area contributed by atoms with Crippen LogP contribution in [0.1, 0.15) is 52.9 Å². The smallest absolute Gasteiger partial charge is 0.298 e. The van der Waals surface area contributed by atoms with E-state index in [0.717, 1.165) is 42.3 Å². The number of fused-ring (bicyclic) bond motifs is 2. The number of hydrogen-bond donors (Lipinski definition) is 2. The third-order valence-electron chi connectivity index (χ3n) is 6.32. The average molecular weight is 439 g/mol. The molecule has 1 saturated heterocycles. The number of carbonyl (C=O) groups is 2. The second kappa shape index (κ2) is 8.34. The summed E-state index contributed by atoms with van der Waals surface area (Å²) in [6.45, 7) is 1.41. The van der Waals surface area contributed by atoms with Crippen LogP contribution in [0.25, 0.3) is 11.1 Å². The summed E-state index contributed by atoms with van der Waals surface area (Å²) in [6.07, 6.45) is 6.59. The fourth-order valence-electron chi connectivity index (χ4n) is 4.63. The third-order valence-corrected chi connectivity index (χ3v) is 7.53. The van der Waals surface area contributed by atoms with E-state index in [2.05, 4.69) is 15.2 Å². The molecule has 0 unspecified atom stereocenters. The first-order valence-electron chi connectivity index (χ1n) is 11.0. The number of nitrogens with two attached hydrogens (primary N) is 1. The van der Waals surface area contributed by atoms with Crippen molar-refractivity contribution in [3.8, 4) is 0 Å². The third kappa shape index (κ3) is 3.92. The first-order chi connectivity index (χ1) is 15.1. The van der Waals surface area contributed by atoms with Crippen molar-refractivity contribution in [2.45, 2.75) is 44.9 Å². The first-order valence-corrected chi connectivity index (χ1v) is 11.8. The predicted molar refractivity (Wildman–Crippen MR) is 122 cm³/mol. The molecule has 31 heavy (non-hydrogen) atoms. The van der Waals surface area contributed by atoms with E-state index in [1.165, 1.54) is 22.6 Å². The molecule has 1 aliphatic carbocycles. The molecule has 3 aromatic rings. The van der Waals surface area contributed by atoms with Gasteiger partial charge in [0, 0.05) is 23.9 Å². The van der Waals surface area contributed by atoms with Crippen LogP contribution in [0, 0.1) is 5.92 Å². The number of oxazole rings is 1. The molecule has 0 bridgehead atoms. The molecular formula is C23H26N4O3S. The number of piperidine rings is 1. The standard InChI is InChI=1S/C23H26N4O3S/c24-20(28)19-15-6-2-1-3-9-18(15)31-22(19)26-21(29)14-10-12-27(13-11-14)23-25-16-7-4-5-8-17(16)30-23/h4-5,7-8,14H,1-3,6,9-13H2,(H2,24,28)(H,26,29). The van der Waals surface area contributed by atoms with Gasteiger partial charge in [-0.3, -0.25) is 9.59 Å². The van der Waals surface area contributed by atoms with Crippen LogP contribution in [-0.2, 0) is 17.6 Å². The molecule has 8 heteroatoms. The summed E-state index contributed by atoms with van der Waals surface area (Å²) < 4.78 is 5.86. The SMILES string of the molecule is NC(=O)c1c(NC(=O)C2CCN(c3nc4ccccc4o3)CC2)sc2c1CCCCC2. The van der Waals surface area contributed by atoms with E-state index in [0.29, 0.717) is 42.5 Å². The number of nitrogens with one attached hydrogen (secondary N) is 1. The molecule has 162 valence electrons. The van der Waals surface area contributed by atoms with Crippen LogP contribution < -0.4 is 16.0 Å². The van der Waals surface area contributed by atoms with Crippen molar-refractivity contribution in [1.82, 2.24) is 4.98 Å². The van der Waals surface area contributed by atoms with Crippen LogP contribution in [0.15, 0.2) is 28.7 Å². The van der Waals surface area contributed by atoms with E-state index in [9.17, 15) is 9.59 Å². The van der Waals surface area contributed by atoms with E-state index in [4.69, 9.17) is 10.2 Å². The van der Waals surface area contributed by atoms with Crippen LogP contribution in [0.3, 0.4) is 0 Å². The largest absolute Gasteiger partial charge is 0.423 e. The summed E-state index contributed by atoms with van der Waals surface area (Å²) in [5.74, 6) is -0.583. The van der Waals surface area contributed by atoms with Crippen molar-refractivity contribution in [1.29, 1.82) is 0 Å². The van der Waals surface area contributed by atoms with Crippen molar-refractivity contribution >= 4 is 45.3 Å². The van der Waals surface area contributed by atoms with Gasteiger partial charge >= 0.3 is 0 Å². The Morgan fingerprint density at radius 2 is 1.90 bits per heavy atom. The van der Waals surface area contributed by atoms with Gasteiger partial charge in [-0.2, -0.15) is 4.98 Å². The van der Waals surface area contributed by atoms with Crippen LogP contribution in [-0.4, -0.2) is 29.9 Å². The minimum Gasteiger partial charge on any atom is -0.423 e. The van der Waals surface area contributed by atoms with E-state index in [1.807, 2.05) is 24.3 Å². The van der Waals surface area contributed by atoms with Gasteiger partial charge in [-0.05, 0) is 56.2 Å². The molecule has 0 spiro atoms. The zero-order valence-corrected chi connectivity index (χ0v) is 18.2. The zero-order valence-electron chi connectivity index (χ0n) is 17.4. The summed E-state index contributed by atoms with van der Waals surface area (Å²) in [4.78, 5) is 33.0. The van der Waals surface area contributed by atoms with Crippen molar-refractivity contribution in [3.05, 3.63) is 40.3 Å². The minimum atomic E-state index is -0.444. The summed E-state index contributed by atoms with van der Waals surface area (Å²) in [5.41, 5.74) is 8.89. The van der Waals surface area contributed by atoms with E-state index < -0.39 is 5.91 Å². The highest BCUT2D eigenvalue weighted by Gasteiger charge is 2.30. The number of rotatable bonds is 4. The quantitative estimate of drug-likeness (QED) is 0.597. The van der Waals surface area contributed by atoms with Crippen LogP contribution in [0.4, 0.5) is 11.0 Å². The van der Waals surface area contributed by atoms with Gasteiger partial charge in [-0.1, -0.05) is 18.6 Å². The van der Waals surface area contributed by atoms with E-state index >= 15 is 0 Å². The fraction of sp³-hybridized carbons (Fsp3) is 0.435. The molecule has 1 fully saturated rings. The number of aryl methyl sites for hydroxylation is 1. The van der Waals surface area contributed by atoms with Gasteiger partial charge in [0.2, 0.25) is 5.91 Å². The van der Waals surface area contributed by atoms with Gasteiger partial charge in [0.1, 0.15) is 10.5 Å². The van der Waals surface area contributed by atoms with Crippen LogP contribution >= 0.6 is 11.3 Å². The van der Waals surface area contributed by atoms with Crippen molar-refractivity contribution in [2.75, 3.05) is 23.3 Å². The summed E-state index contributed by atoms with van der Waals surface area (Å²) in [7, 11) is 0. The molecule has 7 nitrogen and oxygen atoms in total. The monoisotopic (exact) mass is 438 g/mol. The second-order valence-electron chi connectivity index (χ2n) is 8.35. The number of thiophene rings is 1. The normalized spacial score (nSPS) is 17.4. The topological polar surface area (TPSA) is 101 Å². The molecule has 2 aromatic heterocycles. The molecule has 5 rings (SSSR count). The zero-order chi connectivity index (χ0) is 21.4. The van der Waals surface area contributed by atoms with Crippen LogP contribution in [0.2, 0.25) is 0 Å². The summed E-state index contributed by atoms with van der Waals surface area (Å²) >= 11 is 1.53. The minimum absolute atomic E-state index is 0.0314. The number of nitrogens with zero attached hydrogens (tertiary/aromatic N) is 2. The van der Waals surface area contributed by atoms with Crippen molar-refractivity contribution in [2.24, 2.45) is 11.7 Å². The van der Waals surface area contributed by atoms with Crippen LogP contribution in [0.5, 0.6) is 0 Å². The molecule has 0 atom stereocenters. The molecule has 0 saturated carbocycles. The number of aromatic nitrogens is 1. The molecule has 1 aliphatic heterocycles. The fourth-order valence-corrected chi connectivity index (χ4v) is 5.93. The number of para-hydroxylation sites is 2. The van der Waals surface area contributed by atoms with Gasteiger partial charge in [0.25, 0.3) is 11.9 Å². The average Bonchev–Trinajstić information content (AvgIpc) is 3.28. The summed E-state index contributed by atoms with van der Waals surface area (Å²) in [5, 5.41) is 3.67. The predicted octanol–water partition coefficient (Wildman–Crippen LogP) is 4.11. The number of benzene rings is 1. The van der Waals surface area contributed by atoms with Gasteiger partial charge in [0.15, 0.2) is 5.58 Å². The maximum Gasteiger partial charge on any atom is 0.298 e. The number of carbonyl (C=O) groups excluding carboxylic acids is 2. The number of amides is 2. The Morgan fingerprint density at radius 1 is 1.13 bits per heavy atom. The lowest BCUT2D eigenvalue weighted by Gasteiger charge is -2.30. The maximum absolute atomic E-state index is 13.0. The van der Waals surface area contributed by atoms with Gasteiger partial charge in [-0.25, -0.2) is 0 Å². The molecule has 2 amide bonds. The first kappa shape index (κ1) is 20.1. The Bertz CT molecular complexity index is 1090. The van der Waals surface area contributed by atoms with Crippen molar-refractivity contribution in [3.63, 3.8) is 0 Å². The molecule has 1 aromatic carbocycles. The number of anilines is 2. The Balaban J connectivity index is 1.26. The molecular weight excluding hydrogens is 412 g/mol. The number of primary amides is 1. The van der Waals surface area contributed by atoms with Gasteiger partial charge < -0.3 is 20.4 Å². The Kier molecular flexibility index (Phi) is 5.40. The number of hydrogen-bond acceptors (Lipinski definition) is 6. The molecule has 0 radical (unpaired) electrons. The van der Waals surface area contributed by atoms with Gasteiger partial charge in [-0.15, -0.1) is 11.3 Å². The second-order valence-corrected chi connectivity index (χ2v) is 9.45. The van der Waals surface area contributed by atoms with Crippen molar-refractivity contribution < 1.29 is 14.0 Å². The highest BCUT2D eigenvalue weighted by molar-refractivity contribution is 7.17. The Morgan fingerprint density at radius 3 is 2.68 bits per heavy atom. The lowest BCUT2D eigenvalue weighted by molar-refractivity contribution is -0.120. The molecule has 3 heterocycles. The van der Waals surface area contributed by atoms with E-state index in [-0.39, 0.29) is 11.8 Å². The summed E-state index contributed by atoms with van der Waals surface area (Å²) in [6, 6.07) is 8.32. The molecule has 3 N–H and O–H groups in total. The molecule has 2 aliphatic rings. The lowest BCUT2D eigenvalue weighted by atomic mass is 9.96. The highest BCUT2D eigenvalue weighted by Crippen LogP contribution is 2.38. The lowest BCUT2D eigenvalue weighted by Crippen LogP contribution is -2.38. The Labute approximate surface area is 184 Å². The highest BCUT2D eigenvalue weighted by atomic mass is 32.1. The van der Waals surface area contributed by atoms with Gasteiger partial charge in [0.05, 0.1) is 5.56 Å². The maximum atomic E-state index is 13.0. The van der Waals surface area contributed by atoms with E-state index in [1.54, 1.807) is 0 Å². The Hall–Kier alpha value is -2.87.